The van der Waals surface area contributed by atoms with Crippen molar-refractivity contribution in [2.75, 3.05) is 20.1 Å². The van der Waals surface area contributed by atoms with Gasteiger partial charge in [0.15, 0.2) is 0 Å². The van der Waals surface area contributed by atoms with Gasteiger partial charge in [-0.15, -0.1) is 0 Å². The van der Waals surface area contributed by atoms with E-state index in [0.29, 0.717) is 5.39 Å². The molecule has 4 heteroatoms. The van der Waals surface area contributed by atoms with Crippen LogP contribution in [-0.4, -0.2) is 34.6 Å². The minimum Gasteiger partial charge on any atom is -0.304 e. The maximum absolute atomic E-state index is 12.4. The predicted molar refractivity (Wildman–Crippen MR) is 71.8 cm³/mol. The third kappa shape index (κ3) is 1.93. The van der Waals surface area contributed by atoms with E-state index in [9.17, 15) is 4.79 Å². The van der Waals surface area contributed by atoms with Crippen LogP contribution in [0.3, 0.4) is 0 Å². The first-order chi connectivity index (χ1) is 8.75. The quantitative estimate of drug-likeness (QED) is 0.764. The zero-order valence-electron chi connectivity index (χ0n) is 10.5. The fraction of sp³-hybridized carbons (Fsp3) is 0.429. The number of hydrogen-bond acceptors (Lipinski definition) is 3. The molecular weight excluding hydrogens is 226 g/mol. The van der Waals surface area contributed by atoms with Crippen LogP contribution in [0.15, 0.2) is 35.4 Å². The smallest absolute Gasteiger partial charge is 0.261 e. The molecule has 1 fully saturated rings. The van der Waals surface area contributed by atoms with Crippen molar-refractivity contribution in [1.82, 2.24) is 14.5 Å². The van der Waals surface area contributed by atoms with Crippen LogP contribution in [0.4, 0.5) is 0 Å². The maximum atomic E-state index is 12.4. The molecule has 1 aromatic carbocycles. The third-order valence-corrected chi connectivity index (χ3v) is 3.68. The molecule has 1 saturated heterocycles. The van der Waals surface area contributed by atoms with Crippen LogP contribution in [0.2, 0.25) is 0 Å². The van der Waals surface area contributed by atoms with Gasteiger partial charge in [-0.3, -0.25) is 9.36 Å². The molecule has 0 saturated carbocycles. The van der Waals surface area contributed by atoms with E-state index in [4.69, 9.17) is 0 Å². The molecule has 3 rings (SSSR count). The summed E-state index contributed by atoms with van der Waals surface area (Å²) >= 11 is 0. The van der Waals surface area contributed by atoms with Gasteiger partial charge in [-0.2, -0.15) is 0 Å². The normalized spacial score (nSPS) is 21.3. The molecule has 1 aliphatic heterocycles. The van der Waals surface area contributed by atoms with Gasteiger partial charge in [0, 0.05) is 6.54 Å². The molecule has 4 nitrogen and oxygen atoms in total. The summed E-state index contributed by atoms with van der Waals surface area (Å²) in [7, 11) is 2.10. The van der Waals surface area contributed by atoms with Crippen molar-refractivity contribution in [3.63, 3.8) is 0 Å². The van der Waals surface area contributed by atoms with Crippen molar-refractivity contribution < 1.29 is 0 Å². The number of piperidine rings is 1. The molecule has 0 amide bonds. The van der Waals surface area contributed by atoms with E-state index in [2.05, 4.69) is 16.9 Å². The first kappa shape index (κ1) is 11.4. The van der Waals surface area contributed by atoms with Crippen LogP contribution in [-0.2, 0) is 0 Å². The summed E-state index contributed by atoms with van der Waals surface area (Å²) in [6, 6.07) is 7.80. The first-order valence-electron chi connectivity index (χ1n) is 6.40. The fourth-order valence-corrected chi connectivity index (χ4v) is 2.71. The van der Waals surface area contributed by atoms with Crippen LogP contribution >= 0.6 is 0 Å². The lowest BCUT2D eigenvalue weighted by molar-refractivity contribution is 0.209. The zero-order valence-corrected chi connectivity index (χ0v) is 10.5. The zero-order chi connectivity index (χ0) is 12.5. The lowest BCUT2D eigenvalue weighted by atomic mass is 10.1. The van der Waals surface area contributed by atoms with Crippen LogP contribution in [0, 0.1) is 0 Å². The number of para-hydroxylation sites is 1. The third-order valence-electron chi connectivity index (χ3n) is 3.68. The molecule has 18 heavy (non-hydrogen) atoms. The Morgan fingerprint density at radius 3 is 3.00 bits per heavy atom. The van der Waals surface area contributed by atoms with Gasteiger partial charge in [0.25, 0.3) is 5.56 Å². The highest BCUT2D eigenvalue weighted by molar-refractivity contribution is 5.76. The molecule has 1 aromatic heterocycles. The maximum Gasteiger partial charge on any atom is 0.261 e. The topological polar surface area (TPSA) is 38.1 Å². The number of aromatic nitrogens is 2. The SMILES string of the molecule is CN1CCC[C@@H](n2cnc3ccccc3c2=O)C1. The van der Waals surface area contributed by atoms with Gasteiger partial charge in [0.05, 0.1) is 23.3 Å². The molecular formula is C14H17N3O. The van der Waals surface area contributed by atoms with Gasteiger partial charge in [0.1, 0.15) is 0 Å². The van der Waals surface area contributed by atoms with E-state index < -0.39 is 0 Å². The van der Waals surface area contributed by atoms with Crippen LogP contribution in [0.25, 0.3) is 10.9 Å². The Balaban J connectivity index is 2.07. The summed E-state index contributed by atoms with van der Waals surface area (Å²) < 4.78 is 1.80. The highest BCUT2D eigenvalue weighted by Gasteiger charge is 2.20. The number of hydrogen-bond donors (Lipinski definition) is 0. The number of fused-ring (bicyclic) bond motifs is 1. The van der Waals surface area contributed by atoms with Gasteiger partial charge in [-0.1, -0.05) is 12.1 Å². The molecule has 94 valence electrons. The summed E-state index contributed by atoms with van der Waals surface area (Å²) in [5, 5.41) is 0.716. The second-order valence-electron chi connectivity index (χ2n) is 5.03. The van der Waals surface area contributed by atoms with E-state index in [-0.39, 0.29) is 11.6 Å². The standard InChI is InChI=1S/C14H17N3O/c1-16-8-4-5-11(9-16)17-10-15-13-7-3-2-6-12(13)14(17)18/h2-3,6-7,10-11H,4-5,8-9H2,1H3/t11-/m1/s1. The van der Waals surface area contributed by atoms with E-state index in [1.165, 1.54) is 0 Å². The van der Waals surface area contributed by atoms with E-state index in [1.54, 1.807) is 10.9 Å². The van der Waals surface area contributed by atoms with Gasteiger partial charge >= 0.3 is 0 Å². The Morgan fingerprint density at radius 2 is 2.17 bits per heavy atom. The second-order valence-corrected chi connectivity index (χ2v) is 5.03. The molecule has 0 spiro atoms. The lowest BCUT2D eigenvalue weighted by Gasteiger charge is -2.30. The summed E-state index contributed by atoms with van der Waals surface area (Å²) in [5.41, 5.74) is 0.865. The molecule has 0 bridgehead atoms. The molecule has 0 radical (unpaired) electrons. The molecule has 2 heterocycles. The summed E-state index contributed by atoms with van der Waals surface area (Å²) in [5.74, 6) is 0. The second kappa shape index (κ2) is 4.53. The Kier molecular flexibility index (Phi) is 2.88. The molecule has 0 aliphatic carbocycles. The monoisotopic (exact) mass is 243 g/mol. The average Bonchev–Trinajstić information content (AvgIpc) is 2.39. The number of likely N-dealkylation sites (tertiary alicyclic amines) is 1. The molecule has 1 atom stereocenters. The minimum absolute atomic E-state index is 0.0842. The van der Waals surface area contributed by atoms with E-state index >= 15 is 0 Å². The van der Waals surface area contributed by atoms with Gasteiger partial charge in [-0.25, -0.2) is 4.98 Å². The van der Waals surface area contributed by atoms with Gasteiger partial charge in [0.2, 0.25) is 0 Å². The molecule has 2 aromatic rings. The van der Waals surface area contributed by atoms with Crippen molar-refractivity contribution in [2.24, 2.45) is 0 Å². The van der Waals surface area contributed by atoms with E-state index in [1.807, 2.05) is 24.3 Å². The van der Waals surface area contributed by atoms with Crippen molar-refractivity contribution >= 4 is 10.9 Å². The Morgan fingerprint density at radius 1 is 1.33 bits per heavy atom. The van der Waals surface area contributed by atoms with Crippen LogP contribution < -0.4 is 5.56 Å². The fourth-order valence-electron chi connectivity index (χ4n) is 2.71. The van der Waals surface area contributed by atoms with Crippen molar-refractivity contribution in [3.05, 3.63) is 40.9 Å². The van der Waals surface area contributed by atoms with Gasteiger partial charge in [-0.05, 0) is 38.6 Å². The van der Waals surface area contributed by atoms with Crippen molar-refractivity contribution in [1.29, 1.82) is 0 Å². The molecule has 0 N–H and O–H groups in total. The highest BCUT2D eigenvalue weighted by atomic mass is 16.1. The summed E-state index contributed by atoms with van der Waals surface area (Å²) in [4.78, 5) is 19.1. The first-order valence-corrected chi connectivity index (χ1v) is 6.40. The minimum atomic E-state index is 0.0842. The molecule has 1 aliphatic rings. The Labute approximate surface area is 106 Å². The Bertz CT molecular complexity index is 620. The average molecular weight is 243 g/mol. The largest absolute Gasteiger partial charge is 0.304 e. The summed E-state index contributed by atoms with van der Waals surface area (Å²) in [6.45, 7) is 2.05. The molecule has 0 unspecified atom stereocenters. The number of likely N-dealkylation sites (N-methyl/N-ethyl adjacent to an activating group) is 1. The predicted octanol–water partition coefficient (Wildman–Crippen LogP) is 1.66. The number of rotatable bonds is 1. The van der Waals surface area contributed by atoms with Crippen LogP contribution in [0.1, 0.15) is 18.9 Å². The number of nitrogens with zero attached hydrogens (tertiary/aromatic N) is 3. The highest BCUT2D eigenvalue weighted by Crippen LogP contribution is 2.19. The van der Waals surface area contributed by atoms with Crippen molar-refractivity contribution in [2.45, 2.75) is 18.9 Å². The van der Waals surface area contributed by atoms with Crippen molar-refractivity contribution in [3.8, 4) is 0 Å². The Hall–Kier alpha value is -1.68. The van der Waals surface area contributed by atoms with Crippen LogP contribution in [0.5, 0.6) is 0 Å². The summed E-state index contributed by atoms with van der Waals surface area (Å²) in [6.07, 6.45) is 3.90. The number of benzene rings is 1. The van der Waals surface area contributed by atoms with E-state index in [0.717, 1.165) is 31.4 Å². The van der Waals surface area contributed by atoms with Gasteiger partial charge < -0.3 is 4.90 Å². The lowest BCUT2D eigenvalue weighted by Crippen LogP contribution is -2.37.